The van der Waals surface area contributed by atoms with Gasteiger partial charge in [-0.1, -0.05) is 0 Å². The molecule has 7 heteroatoms. The molecule has 7 nitrogen and oxygen atoms in total. The number of ether oxygens (including phenoxy) is 1. The van der Waals surface area contributed by atoms with E-state index in [9.17, 15) is 14.9 Å². The van der Waals surface area contributed by atoms with Crippen molar-refractivity contribution < 1.29 is 14.5 Å². The van der Waals surface area contributed by atoms with Crippen molar-refractivity contribution in [2.24, 2.45) is 0 Å². The predicted octanol–water partition coefficient (Wildman–Crippen LogP) is 2.59. The zero-order valence-electron chi connectivity index (χ0n) is 14.8. The molecule has 0 aromatic heterocycles. The highest BCUT2D eigenvalue weighted by Gasteiger charge is 2.24. The smallest absolute Gasteiger partial charge is 0.293 e. The van der Waals surface area contributed by atoms with Crippen molar-refractivity contribution in [2.45, 2.75) is 0 Å². The Labute approximate surface area is 151 Å². The Morgan fingerprint density at radius 1 is 1.04 bits per heavy atom. The Bertz CT molecular complexity index is 812. The first-order chi connectivity index (χ1) is 12.5. The maximum absolute atomic E-state index is 12.7. The summed E-state index contributed by atoms with van der Waals surface area (Å²) in [6.07, 6.45) is 0. The van der Waals surface area contributed by atoms with Crippen LogP contribution in [0.15, 0.2) is 42.5 Å². The lowest BCUT2D eigenvalue weighted by molar-refractivity contribution is -0.384. The van der Waals surface area contributed by atoms with Crippen LogP contribution in [0, 0.1) is 10.1 Å². The monoisotopic (exact) mass is 355 g/mol. The van der Waals surface area contributed by atoms with Crippen LogP contribution in [0.3, 0.4) is 0 Å². The average Bonchev–Trinajstić information content (AvgIpc) is 2.67. The molecule has 1 aliphatic heterocycles. The van der Waals surface area contributed by atoms with E-state index in [-0.39, 0.29) is 11.5 Å². The Hall–Kier alpha value is -2.93. The Morgan fingerprint density at radius 3 is 2.23 bits per heavy atom. The molecule has 1 saturated heterocycles. The summed E-state index contributed by atoms with van der Waals surface area (Å²) in [5.41, 5.74) is 1.30. The van der Waals surface area contributed by atoms with Crippen LogP contribution < -0.4 is 9.64 Å². The first kappa shape index (κ1) is 17.9. The standard InChI is InChI=1S/C19H21N3O4/c1-20-9-11-21(12-10-20)17-8-5-15(13-18(17)22(24)25)19(23)14-3-6-16(26-2)7-4-14/h3-8,13H,9-12H2,1-2H3. The van der Waals surface area contributed by atoms with Crippen LogP contribution in [-0.4, -0.2) is 55.9 Å². The molecule has 0 spiro atoms. The molecule has 0 amide bonds. The summed E-state index contributed by atoms with van der Waals surface area (Å²) in [6.45, 7) is 3.15. The predicted molar refractivity (Wildman–Crippen MR) is 99.2 cm³/mol. The molecule has 2 aromatic rings. The minimum atomic E-state index is -0.418. The Kier molecular flexibility index (Phi) is 5.18. The van der Waals surface area contributed by atoms with Crippen molar-refractivity contribution >= 4 is 17.2 Å². The van der Waals surface area contributed by atoms with Crippen molar-refractivity contribution in [3.05, 3.63) is 63.7 Å². The molecule has 0 aliphatic carbocycles. The number of nitro groups is 1. The summed E-state index contributed by atoms with van der Waals surface area (Å²) in [4.78, 5) is 28.0. The summed E-state index contributed by atoms with van der Waals surface area (Å²) in [6, 6.07) is 11.4. The number of nitro benzene ring substituents is 1. The number of carbonyl (C=O) groups is 1. The van der Waals surface area contributed by atoms with E-state index >= 15 is 0 Å². The molecular weight excluding hydrogens is 334 g/mol. The highest BCUT2D eigenvalue weighted by atomic mass is 16.6. The molecule has 0 saturated carbocycles. The second-order valence-electron chi connectivity index (χ2n) is 6.31. The van der Waals surface area contributed by atoms with E-state index in [4.69, 9.17) is 4.74 Å². The second kappa shape index (κ2) is 7.53. The fourth-order valence-electron chi connectivity index (χ4n) is 3.03. The van der Waals surface area contributed by atoms with Gasteiger partial charge in [0.2, 0.25) is 0 Å². The van der Waals surface area contributed by atoms with E-state index in [1.165, 1.54) is 6.07 Å². The van der Waals surface area contributed by atoms with Crippen LogP contribution in [0.25, 0.3) is 0 Å². The first-order valence-electron chi connectivity index (χ1n) is 8.40. The first-order valence-corrected chi connectivity index (χ1v) is 8.40. The summed E-state index contributed by atoms with van der Waals surface area (Å²) in [5.74, 6) is 0.402. The van der Waals surface area contributed by atoms with Gasteiger partial charge in [0.05, 0.1) is 12.0 Å². The number of carbonyl (C=O) groups excluding carboxylic acids is 1. The Balaban J connectivity index is 1.90. The number of piperazine rings is 1. The lowest BCUT2D eigenvalue weighted by Gasteiger charge is -2.33. The lowest BCUT2D eigenvalue weighted by atomic mass is 10.0. The van der Waals surface area contributed by atoms with Gasteiger partial charge in [-0.15, -0.1) is 0 Å². The number of ketones is 1. The van der Waals surface area contributed by atoms with Crippen LogP contribution >= 0.6 is 0 Å². The molecule has 1 fully saturated rings. The molecule has 0 N–H and O–H groups in total. The number of hydrogen-bond acceptors (Lipinski definition) is 6. The summed E-state index contributed by atoms with van der Waals surface area (Å²) < 4.78 is 5.09. The third-order valence-electron chi connectivity index (χ3n) is 4.63. The third kappa shape index (κ3) is 3.67. The van der Waals surface area contributed by atoms with E-state index < -0.39 is 4.92 Å². The molecule has 26 heavy (non-hydrogen) atoms. The minimum absolute atomic E-state index is 0.0334. The fourth-order valence-corrected chi connectivity index (χ4v) is 3.03. The molecule has 0 bridgehead atoms. The largest absolute Gasteiger partial charge is 0.497 e. The van der Waals surface area contributed by atoms with Crippen LogP contribution in [0.5, 0.6) is 5.75 Å². The molecule has 3 rings (SSSR count). The van der Waals surface area contributed by atoms with Gasteiger partial charge in [-0.25, -0.2) is 0 Å². The molecule has 1 aliphatic rings. The van der Waals surface area contributed by atoms with Gasteiger partial charge in [0.25, 0.3) is 5.69 Å². The van der Waals surface area contributed by atoms with E-state index in [0.717, 1.165) is 26.2 Å². The van der Waals surface area contributed by atoms with Crippen molar-refractivity contribution in [3.8, 4) is 5.75 Å². The number of rotatable bonds is 5. The van der Waals surface area contributed by atoms with Gasteiger partial charge in [0, 0.05) is 43.4 Å². The molecule has 1 heterocycles. The molecule has 0 atom stereocenters. The highest BCUT2D eigenvalue weighted by molar-refractivity contribution is 6.09. The van der Waals surface area contributed by atoms with Crippen molar-refractivity contribution in [2.75, 3.05) is 45.2 Å². The van der Waals surface area contributed by atoms with Crippen LogP contribution in [0.1, 0.15) is 15.9 Å². The van der Waals surface area contributed by atoms with Gasteiger partial charge in [-0.3, -0.25) is 14.9 Å². The van der Waals surface area contributed by atoms with Crippen LogP contribution in [-0.2, 0) is 0 Å². The molecule has 0 radical (unpaired) electrons. The number of nitrogens with zero attached hydrogens (tertiary/aromatic N) is 3. The van der Waals surface area contributed by atoms with E-state index in [0.29, 0.717) is 22.6 Å². The van der Waals surface area contributed by atoms with Gasteiger partial charge < -0.3 is 14.5 Å². The van der Waals surface area contributed by atoms with Gasteiger partial charge in [-0.2, -0.15) is 0 Å². The van der Waals surface area contributed by atoms with E-state index in [1.807, 2.05) is 11.9 Å². The van der Waals surface area contributed by atoms with Crippen LogP contribution in [0.4, 0.5) is 11.4 Å². The molecule has 2 aromatic carbocycles. The van der Waals surface area contributed by atoms with E-state index in [2.05, 4.69) is 4.90 Å². The van der Waals surface area contributed by atoms with Gasteiger partial charge >= 0.3 is 0 Å². The maximum atomic E-state index is 12.7. The van der Waals surface area contributed by atoms with Crippen molar-refractivity contribution in [3.63, 3.8) is 0 Å². The van der Waals surface area contributed by atoms with Gasteiger partial charge in [-0.05, 0) is 43.4 Å². The Morgan fingerprint density at radius 2 is 1.65 bits per heavy atom. The van der Waals surface area contributed by atoms with E-state index in [1.54, 1.807) is 43.5 Å². The zero-order valence-corrected chi connectivity index (χ0v) is 14.8. The normalized spacial score (nSPS) is 14.9. The summed E-state index contributed by atoms with van der Waals surface area (Å²) >= 11 is 0. The average molecular weight is 355 g/mol. The van der Waals surface area contributed by atoms with Crippen LogP contribution in [0.2, 0.25) is 0 Å². The van der Waals surface area contributed by atoms with Gasteiger partial charge in [0.1, 0.15) is 11.4 Å². The molecular formula is C19H21N3O4. The molecule has 136 valence electrons. The highest BCUT2D eigenvalue weighted by Crippen LogP contribution is 2.31. The topological polar surface area (TPSA) is 75.9 Å². The SMILES string of the molecule is COc1ccc(C(=O)c2ccc(N3CCN(C)CC3)c([N+](=O)[O-])c2)cc1. The zero-order chi connectivity index (χ0) is 18.7. The lowest BCUT2D eigenvalue weighted by Crippen LogP contribution is -2.44. The fraction of sp³-hybridized carbons (Fsp3) is 0.316. The van der Waals surface area contributed by atoms with Gasteiger partial charge in [0.15, 0.2) is 5.78 Å². The minimum Gasteiger partial charge on any atom is -0.497 e. The van der Waals surface area contributed by atoms with Crippen molar-refractivity contribution in [1.29, 1.82) is 0 Å². The summed E-state index contributed by atoms with van der Waals surface area (Å²) in [5, 5.41) is 11.6. The maximum Gasteiger partial charge on any atom is 0.293 e. The molecule has 0 unspecified atom stereocenters. The quantitative estimate of drug-likeness (QED) is 0.466. The second-order valence-corrected chi connectivity index (χ2v) is 6.31. The number of likely N-dealkylation sites (N-methyl/N-ethyl adjacent to an activating group) is 1. The number of hydrogen-bond donors (Lipinski definition) is 0. The summed E-state index contributed by atoms with van der Waals surface area (Å²) in [7, 11) is 3.58. The number of anilines is 1. The number of benzene rings is 2. The van der Waals surface area contributed by atoms with Crippen molar-refractivity contribution in [1.82, 2.24) is 4.90 Å². The third-order valence-corrected chi connectivity index (χ3v) is 4.63. The number of methoxy groups -OCH3 is 1.